The maximum absolute atomic E-state index is 5.17. The average molecular weight is 213 g/mol. The molecule has 4 nitrogen and oxygen atoms in total. The van der Waals surface area contributed by atoms with Crippen molar-refractivity contribution in [3.8, 4) is 0 Å². The van der Waals surface area contributed by atoms with Crippen LogP contribution in [-0.2, 0) is 0 Å². The zero-order valence-electron chi connectivity index (χ0n) is 8.56. The van der Waals surface area contributed by atoms with Crippen LogP contribution in [0.5, 0.6) is 0 Å². The van der Waals surface area contributed by atoms with E-state index in [1.54, 1.807) is 0 Å². The van der Waals surface area contributed by atoms with Crippen LogP contribution in [0.3, 0.4) is 0 Å². The second-order valence-corrected chi connectivity index (χ2v) is 4.73. The van der Waals surface area contributed by atoms with Gasteiger partial charge >= 0.3 is 0 Å². The van der Waals surface area contributed by atoms with Crippen molar-refractivity contribution in [1.29, 1.82) is 0 Å². The molecule has 0 saturated carbocycles. The molecule has 1 aromatic rings. The molecule has 2 heterocycles. The fourth-order valence-corrected chi connectivity index (χ4v) is 2.54. The lowest BCUT2D eigenvalue weighted by Gasteiger charge is -2.29. The van der Waals surface area contributed by atoms with Crippen molar-refractivity contribution in [1.82, 2.24) is 15.0 Å². The van der Waals surface area contributed by atoms with E-state index >= 15 is 0 Å². The fraction of sp³-hybridized carbons (Fsp3) is 0.778. The van der Waals surface area contributed by atoms with E-state index in [4.69, 9.17) is 4.52 Å². The van der Waals surface area contributed by atoms with Crippen molar-refractivity contribution in [2.45, 2.75) is 19.9 Å². The lowest BCUT2D eigenvalue weighted by atomic mass is 10.3. The predicted octanol–water partition coefficient (Wildman–Crippen LogP) is 1.49. The molecule has 0 amide bonds. The largest absolute Gasteiger partial charge is 0.338 e. The van der Waals surface area contributed by atoms with Gasteiger partial charge in [-0.3, -0.25) is 4.90 Å². The highest BCUT2D eigenvalue weighted by Gasteiger charge is 2.22. The molecule has 0 aliphatic carbocycles. The zero-order chi connectivity index (χ0) is 9.97. The van der Waals surface area contributed by atoms with Gasteiger partial charge in [-0.05, 0) is 13.8 Å². The summed E-state index contributed by atoms with van der Waals surface area (Å²) in [6.45, 7) is 6.22. The van der Waals surface area contributed by atoms with Crippen LogP contribution in [0.1, 0.15) is 24.7 Å². The molecule has 1 fully saturated rings. The van der Waals surface area contributed by atoms with E-state index in [1.807, 2.05) is 18.7 Å². The van der Waals surface area contributed by atoms with Crippen LogP contribution in [0.15, 0.2) is 4.52 Å². The van der Waals surface area contributed by atoms with Gasteiger partial charge in [0.2, 0.25) is 5.89 Å². The molecular formula is C9H15N3OS. The molecule has 1 saturated heterocycles. The van der Waals surface area contributed by atoms with Gasteiger partial charge in [0, 0.05) is 24.6 Å². The van der Waals surface area contributed by atoms with Crippen LogP contribution in [0, 0.1) is 6.92 Å². The maximum atomic E-state index is 5.17. The molecule has 0 spiro atoms. The molecule has 1 atom stereocenters. The highest BCUT2D eigenvalue weighted by molar-refractivity contribution is 7.99. The minimum absolute atomic E-state index is 0.261. The molecular weight excluding hydrogens is 198 g/mol. The Balaban J connectivity index is 2.03. The van der Waals surface area contributed by atoms with E-state index in [2.05, 4.69) is 22.0 Å². The summed E-state index contributed by atoms with van der Waals surface area (Å²) >= 11 is 2.01. The Kier molecular flexibility index (Phi) is 3.08. The van der Waals surface area contributed by atoms with Gasteiger partial charge in [0.25, 0.3) is 0 Å². The first-order valence-corrected chi connectivity index (χ1v) is 6.05. The second-order valence-electron chi connectivity index (χ2n) is 3.50. The van der Waals surface area contributed by atoms with Crippen molar-refractivity contribution in [3.05, 3.63) is 11.7 Å². The lowest BCUT2D eigenvalue weighted by molar-refractivity contribution is 0.189. The molecule has 14 heavy (non-hydrogen) atoms. The molecule has 0 aromatic carbocycles. The predicted molar refractivity (Wildman–Crippen MR) is 56.3 cm³/mol. The molecule has 78 valence electrons. The topological polar surface area (TPSA) is 42.2 Å². The summed E-state index contributed by atoms with van der Waals surface area (Å²) in [7, 11) is 0. The number of rotatable bonds is 2. The van der Waals surface area contributed by atoms with E-state index in [1.165, 1.54) is 11.5 Å². The van der Waals surface area contributed by atoms with Crippen LogP contribution in [0.2, 0.25) is 0 Å². The van der Waals surface area contributed by atoms with Crippen LogP contribution >= 0.6 is 11.8 Å². The number of hydrogen-bond donors (Lipinski definition) is 0. The number of hydrogen-bond acceptors (Lipinski definition) is 5. The third kappa shape index (κ3) is 2.09. The van der Waals surface area contributed by atoms with Gasteiger partial charge in [-0.1, -0.05) is 5.16 Å². The van der Waals surface area contributed by atoms with Crippen LogP contribution < -0.4 is 0 Å². The van der Waals surface area contributed by atoms with Gasteiger partial charge in [-0.2, -0.15) is 16.7 Å². The molecule has 2 rings (SSSR count). The summed E-state index contributed by atoms with van der Waals surface area (Å²) < 4.78 is 5.17. The third-order valence-electron chi connectivity index (χ3n) is 2.49. The second kappa shape index (κ2) is 4.31. The highest BCUT2D eigenvalue weighted by Crippen LogP contribution is 2.21. The van der Waals surface area contributed by atoms with E-state index in [0.717, 1.165) is 24.8 Å². The lowest BCUT2D eigenvalue weighted by Crippen LogP contribution is -2.34. The standard InChI is InChI=1S/C9H15N3OS/c1-7(9-10-8(2)11-13-9)12-3-5-14-6-4-12/h7H,3-6H2,1-2H3/t7-/m0/s1. The average Bonchev–Trinajstić information content (AvgIpc) is 2.65. The van der Waals surface area contributed by atoms with E-state index in [0.29, 0.717) is 0 Å². The molecule has 1 aliphatic heterocycles. The van der Waals surface area contributed by atoms with Gasteiger partial charge in [0.1, 0.15) is 0 Å². The van der Waals surface area contributed by atoms with Crippen LogP contribution in [-0.4, -0.2) is 39.6 Å². The Morgan fingerprint density at radius 1 is 1.43 bits per heavy atom. The van der Waals surface area contributed by atoms with Crippen molar-refractivity contribution in [2.24, 2.45) is 0 Å². The van der Waals surface area contributed by atoms with Crippen molar-refractivity contribution < 1.29 is 4.52 Å². The van der Waals surface area contributed by atoms with Gasteiger partial charge in [0.05, 0.1) is 6.04 Å². The van der Waals surface area contributed by atoms with E-state index < -0.39 is 0 Å². The normalized spacial score (nSPS) is 21.0. The van der Waals surface area contributed by atoms with Crippen molar-refractivity contribution in [2.75, 3.05) is 24.6 Å². The molecule has 0 N–H and O–H groups in total. The Bertz CT molecular complexity index is 296. The SMILES string of the molecule is Cc1noc([C@H](C)N2CCSCC2)n1. The monoisotopic (exact) mass is 213 g/mol. The number of aromatic nitrogens is 2. The quantitative estimate of drug-likeness (QED) is 0.744. The number of nitrogens with zero attached hydrogens (tertiary/aromatic N) is 3. The smallest absolute Gasteiger partial charge is 0.243 e. The first-order chi connectivity index (χ1) is 6.77. The molecule has 1 aromatic heterocycles. The molecule has 1 aliphatic rings. The van der Waals surface area contributed by atoms with Crippen LogP contribution in [0.4, 0.5) is 0 Å². The van der Waals surface area contributed by atoms with Crippen LogP contribution in [0.25, 0.3) is 0 Å². The van der Waals surface area contributed by atoms with Gasteiger partial charge in [-0.25, -0.2) is 0 Å². The summed E-state index contributed by atoms with van der Waals surface area (Å²) in [5, 5.41) is 3.81. The Morgan fingerprint density at radius 2 is 2.14 bits per heavy atom. The summed E-state index contributed by atoms with van der Waals surface area (Å²) in [6.07, 6.45) is 0. The van der Waals surface area contributed by atoms with Gasteiger partial charge in [-0.15, -0.1) is 0 Å². The third-order valence-corrected chi connectivity index (χ3v) is 3.44. The molecule has 0 radical (unpaired) electrons. The first kappa shape index (κ1) is 9.98. The van der Waals surface area contributed by atoms with Gasteiger partial charge in [0.15, 0.2) is 5.82 Å². The van der Waals surface area contributed by atoms with E-state index in [9.17, 15) is 0 Å². The first-order valence-electron chi connectivity index (χ1n) is 4.89. The Hall–Kier alpha value is -0.550. The van der Waals surface area contributed by atoms with E-state index in [-0.39, 0.29) is 6.04 Å². The Labute approximate surface area is 88.0 Å². The summed E-state index contributed by atoms with van der Waals surface area (Å²) in [6, 6.07) is 0.261. The summed E-state index contributed by atoms with van der Waals surface area (Å²) in [5.74, 6) is 3.88. The Morgan fingerprint density at radius 3 is 2.71 bits per heavy atom. The molecule has 0 bridgehead atoms. The fourth-order valence-electron chi connectivity index (χ4n) is 1.60. The maximum Gasteiger partial charge on any atom is 0.243 e. The minimum Gasteiger partial charge on any atom is -0.338 e. The zero-order valence-corrected chi connectivity index (χ0v) is 9.38. The van der Waals surface area contributed by atoms with Crippen molar-refractivity contribution in [3.63, 3.8) is 0 Å². The highest BCUT2D eigenvalue weighted by atomic mass is 32.2. The number of thioether (sulfide) groups is 1. The molecule has 5 heteroatoms. The number of aryl methyl sites for hydroxylation is 1. The summed E-state index contributed by atoms with van der Waals surface area (Å²) in [5.41, 5.74) is 0. The van der Waals surface area contributed by atoms with Crippen molar-refractivity contribution >= 4 is 11.8 Å². The van der Waals surface area contributed by atoms with Gasteiger partial charge < -0.3 is 4.52 Å². The minimum atomic E-state index is 0.261. The summed E-state index contributed by atoms with van der Waals surface area (Å²) in [4.78, 5) is 6.65. The molecule has 0 unspecified atom stereocenters.